The zero-order chi connectivity index (χ0) is 15.1. The molecule has 106 valence electrons. The third kappa shape index (κ3) is 4.28. The molecular weight excluding hydrogens is 266 g/mol. The SMILES string of the molecule is Cc1ccccc1NC(=O)C(=O)NN=Cc1ccccc1. The van der Waals surface area contributed by atoms with Gasteiger partial charge in [0.05, 0.1) is 6.21 Å². The summed E-state index contributed by atoms with van der Waals surface area (Å²) in [4.78, 5) is 23.3. The van der Waals surface area contributed by atoms with Crippen molar-refractivity contribution < 1.29 is 9.59 Å². The molecule has 0 unspecified atom stereocenters. The first-order chi connectivity index (χ1) is 10.2. The molecule has 0 aliphatic carbocycles. The van der Waals surface area contributed by atoms with Crippen LogP contribution in [0.1, 0.15) is 11.1 Å². The van der Waals surface area contributed by atoms with E-state index in [1.165, 1.54) is 6.21 Å². The van der Waals surface area contributed by atoms with Crippen molar-refractivity contribution in [1.29, 1.82) is 0 Å². The van der Waals surface area contributed by atoms with Crippen LogP contribution in [0.15, 0.2) is 59.7 Å². The maximum Gasteiger partial charge on any atom is 0.329 e. The maximum absolute atomic E-state index is 11.7. The Kier molecular flexibility index (Phi) is 4.82. The van der Waals surface area contributed by atoms with Crippen LogP contribution in [0.3, 0.4) is 0 Å². The van der Waals surface area contributed by atoms with Gasteiger partial charge in [0.15, 0.2) is 0 Å². The van der Waals surface area contributed by atoms with Gasteiger partial charge >= 0.3 is 11.8 Å². The van der Waals surface area contributed by atoms with Gasteiger partial charge in [0, 0.05) is 5.69 Å². The summed E-state index contributed by atoms with van der Waals surface area (Å²) >= 11 is 0. The predicted molar refractivity (Wildman–Crippen MR) is 82.0 cm³/mol. The van der Waals surface area contributed by atoms with Crippen molar-refractivity contribution in [2.24, 2.45) is 5.10 Å². The summed E-state index contributed by atoms with van der Waals surface area (Å²) in [5.41, 5.74) is 4.50. The van der Waals surface area contributed by atoms with Crippen molar-refractivity contribution in [2.45, 2.75) is 6.92 Å². The van der Waals surface area contributed by atoms with E-state index in [4.69, 9.17) is 0 Å². The number of hydrogen-bond donors (Lipinski definition) is 2. The van der Waals surface area contributed by atoms with Gasteiger partial charge in [-0.3, -0.25) is 9.59 Å². The van der Waals surface area contributed by atoms with E-state index in [-0.39, 0.29) is 0 Å². The number of carbonyl (C=O) groups is 2. The van der Waals surface area contributed by atoms with Crippen LogP contribution >= 0.6 is 0 Å². The minimum absolute atomic E-state index is 0.602. The summed E-state index contributed by atoms with van der Waals surface area (Å²) in [5.74, 6) is -1.57. The van der Waals surface area contributed by atoms with E-state index < -0.39 is 11.8 Å². The Morgan fingerprint density at radius 1 is 0.952 bits per heavy atom. The van der Waals surface area contributed by atoms with Crippen LogP contribution in [0.2, 0.25) is 0 Å². The van der Waals surface area contributed by atoms with Gasteiger partial charge in [0.2, 0.25) is 0 Å². The minimum Gasteiger partial charge on any atom is -0.317 e. The highest BCUT2D eigenvalue weighted by molar-refractivity contribution is 6.39. The zero-order valence-corrected chi connectivity index (χ0v) is 11.5. The van der Waals surface area contributed by atoms with Crippen LogP contribution < -0.4 is 10.7 Å². The lowest BCUT2D eigenvalue weighted by molar-refractivity contribution is -0.136. The fourth-order valence-electron chi connectivity index (χ4n) is 1.65. The molecule has 0 spiro atoms. The molecule has 0 aliphatic heterocycles. The van der Waals surface area contributed by atoms with Gasteiger partial charge in [-0.2, -0.15) is 5.10 Å². The molecule has 0 saturated carbocycles. The van der Waals surface area contributed by atoms with E-state index in [9.17, 15) is 9.59 Å². The van der Waals surface area contributed by atoms with Crippen molar-refractivity contribution in [3.63, 3.8) is 0 Å². The summed E-state index contributed by atoms with van der Waals surface area (Å²) in [6.45, 7) is 1.85. The molecule has 2 aromatic carbocycles. The number of carbonyl (C=O) groups excluding carboxylic acids is 2. The Hall–Kier alpha value is -2.95. The fourth-order valence-corrected chi connectivity index (χ4v) is 1.65. The van der Waals surface area contributed by atoms with Crippen molar-refractivity contribution in [2.75, 3.05) is 5.32 Å². The maximum atomic E-state index is 11.7. The molecule has 21 heavy (non-hydrogen) atoms. The normalized spacial score (nSPS) is 10.3. The summed E-state index contributed by atoms with van der Waals surface area (Å²) < 4.78 is 0. The Morgan fingerprint density at radius 3 is 2.33 bits per heavy atom. The average molecular weight is 281 g/mol. The average Bonchev–Trinajstić information content (AvgIpc) is 2.50. The van der Waals surface area contributed by atoms with Gasteiger partial charge in [-0.15, -0.1) is 0 Å². The van der Waals surface area contributed by atoms with E-state index in [2.05, 4.69) is 15.8 Å². The van der Waals surface area contributed by atoms with E-state index >= 15 is 0 Å². The molecule has 5 nitrogen and oxygen atoms in total. The fraction of sp³-hybridized carbons (Fsp3) is 0.0625. The Morgan fingerprint density at radius 2 is 1.62 bits per heavy atom. The van der Waals surface area contributed by atoms with E-state index in [1.54, 1.807) is 12.1 Å². The molecule has 5 heteroatoms. The molecule has 0 aromatic heterocycles. The molecule has 0 aliphatic rings. The van der Waals surface area contributed by atoms with Crippen molar-refractivity contribution in [3.8, 4) is 0 Å². The number of para-hydroxylation sites is 1. The predicted octanol–water partition coefficient (Wildman–Crippen LogP) is 2.08. The molecule has 0 bridgehead atoms. The lowest BCUT2D eigenvalue weighted by Gasteiger charge is -2.06. The van der Waals surface area contributed by atoms with Crippen LogP contribution in [0.4, 0.5) is 5.69 Å². The first-order valence-electron chi connectivity index (χ1n) is 6.42. The van der Waals surface area contributed by atoms with Gasteiger partial charge in [0.1, 0.15) is 0 Å². The molecule has 2 aromatic rings. The first kappa shape index (κ1) is 14.5. The summed E-state index contributed by atoms with van der Waals surface area (Å²) in [6.07, 6.45) is 1.47. The van der Waals surface area contributed by atoms with Gasteiger partial charge < -0.3 is 5.32 Å². The van der Waals surface area contributed by atoms with Crippen LogP contribution in [0.5, 0.6) is 0 Å². The second-order valence-electron chi connectivity index (χ2n) is 4.38. The topological polar surface area (TPSA) is 70.6 Å². The second kappa shape index (κ2) is 7.00. The molecule has 0 saturated heterocycles. The van der Waals surface area contributed by atoms with Crippen LogP contribution in [-0.4, -0.2) is 18.0 Å². The number of anilines is 1. The summed E-state index contributed by atoms with van der Waals surface area (Å²) in [6, 6.07) is 16.5. The van der Waals surface area contributed by atoms with Gasteiger partial charge in [-0.25, -0.2) is 5.43 Å². The minimum atomic E-state index is -0.814. The van der Waals surface area contributed by atoms with Crippen molar-refractivity contribution in [1.82, 2.24) is 5.43 Å². The Balaban J connectivity index is 1.90. The Labute approximate surface area is 122 Å². The lowest BCUT2D eigenvalue weighted by Crippen LogP contribution is -2.32. The number of hydrazone groups is 1. The molecule has 2 amide bonds. The zero-order valence-electron chi connectivity index (χ0n) is 11.5. The molecule has 0 atom stereocenters. The monoisotopic (exact) mass is 281 g/mol. The number of hydrogen-bond acceptors (Lipinski definition) is 3. The second-order valence-corrected chi connectivity index (χ2v) is 4.38. The number of aryl methyl sites for hydroxylation is 1. The quantitative estimate of drug-likeness (QED) is 0.514. The van der Waals surface area contributed by atoms with E-state index in [0.29, 0.717) is 5.69 Å². The van der Waals surface area contributed by atoms with Crippen LogP contribution in [0, 0.1) is 6.92 Å². The largest absolute Gasteiger partial charge is 0.329 e. The highest BCUT2D eigenvalue weighted by atomic mass is 16.2. The number of benzene rings is 2. The summed E-state index contributed by atoms with van der Waals surface area (Å²) in [7, 11) is 0. The third-order valence-corrected chi connectivity index (χ3v) is 2.78. The lowest BCUT2D eigenvalue weighted by atomic mass is 10.2. The first-order valence-corrected chi connectivity index (χ1v) is 6.42. The molecule has 2 N–H and O–H groups in total. The number of nitrogens with zero attached hydrogens (tertiary/aromatic N) is 1. The number of nitrogens with one attached hydrogen (secondary N) is 2. The highest BCUT2D eigenvalue weighted by Gasteiger charge is 2.13. The van der Waals surface area contributed by atoms with Crippen molar-refractivity contribution in [3.05, 3.63) is 65.7 Å². The molecule has 0 fully saturated rings. The van der Waals surface area contributed by atoms with Crippen LogP contribution in [0.25, 0.3) is 0 Å². The van der Waals surface area contributed by atoms with Crippen molar-refractivity contribution >= 4 is 23.7 Å². The third-order valence-electron chi connectivity index (χ3n) is 2.78. The van der Waals surface area contributed by atoms with Gasteiger partial charge in [0.25, 0.3) is 0 Å². The number of amides is 2. The number of rotatable bonds is 3. The van der Waals surface area contributed by atoms with E-state index in [1.807, 2.05) is 49.4 Å². The standard InChI is InChI=1S/C16H15N3O2/c1-12-7-5-6-10-14(12)18-15(20)16(21)19-17-11-13-8-3-2-4-9-13/h2-11H,1H3,(H,18,20)(H,19,21). The molecular formula is C16H15N3O2. The van der Waals surface area contributed by atoms with Gasteiger partial charge in [-0.1, -0.05) is 48.5 Å². The molecule has 0 heterocycles. The molecule has 2 rings (SSSR count). The van der Waals surface area contributed by atoms with Crippen LogP contribution in [-0.2, 0) is 9.59 Å². The smallest absolute Gasteiger partial charge is 0.317 e. The van der Waals surface area contributed by atoms with E-state index in [0.717, 1.165) is 11.1 Å². The summed E-state index contributed by atoms with van der Waals surface area (Å²) in [5, 5.41) is 6.28. The highest BCUT2D eigenvalue weighted by Crippen LogP contribution is 2.12. The van der Waals surface area contributed by atoms with Gasteiger partial charge in [-0.05, 0) is 24.1 Å². The Bertz CT molecular complexity index is 666. The molecule has 0 radical (unpaired) electrons.